The van der Waals surface area contributed by atoms with Crippen molar-refractivity contribution in [3.63, 3.8) is 0 Å². The smallest absolute Gasteiger partial charge is 0.409 e. The van der Waals surface area contributed by atoms with E-state index >= 15 is 0 Å². The van der Waals surface area contributed by atoms with Crippen molar-refractivity contribution in [3.05, 3.63) is 90.0 Å². The number of likely N-dealkylation sites (tertiary alicyclic amines) is 1. The fraction of sp³-hybridized carbons (Fsp3) is 0.250. The van der Waals surface area contributed by atoms with E-state index in [2.05, 4.69) is 22.7 Å². The number of piperidine rings is 1. The molecular formula is C28H29N3O4. The van der Waals surface area contributed by atoms with Gasteiger partial charge in [0, 0.05) is 42.8 Å². The number of hydrazone groups is 1. The number of benzene rings is 3. The van der Waals surface area contributed by atoms with Crippen LogP contribution < -0.4 is 10.2 Å². The Morgan fingerprint density at radius 1 is 0.914 bits per heavy atom. The first-order chi connectivity index (χ1) is 17.1. The Balaban J connectivity index is 1.29. The standard InChI is InChI=1S/C28H29N3O4/c1-2-34-28(33)31-18-16-24(17-19-31)29-30-27(32)23-14-12-21(13-15-23)20-35-26-11-7-6-10-25(26)22-8-4-3-5-9-22/h3-15H,2,16-20H2,1H3,(H,30,32). The summed E-state index contributed by atoms with van der Waals surface area (Å²) in [5.74, 6) is 0.539. The molecule has 3 aromatic rings. The number of nitrogens with one attached hydrogen (secondary N) is 1. The Morgan fingerprint density at radius 2 is 1.60 bits per heavy atom. The molecule has 180 valence electrons. The second-order valence-corrected chi connectivity index (χ2v) is 8.15. The van der Waals surface area contributed by atoms with Crippen LogP contribution in [0.4, 0.5) is 4.79 Å². The molecule has 0 aliphatic carbocycles. The van der Waals surface area contributed by atoms with Gasteiger partial charge in [-0.1, -0.05) is 60.7 Å². The molecule has 2 amide bonds. The molecule has 7 nitrogen and oxygen atoms in total. The van der Waals surface area contributed by atoms with Crippen LogP contribution in [0.2, 0.25) is 0 Å². The first-order valence-electron chi connectivity index (χ1n) is 11.8. The molecule has 0 atom stereocenters. The van der Waals surface area contributed by atoms with Gasteiger partial charge in [0.25, 0.3) is 5.91 Å². The summed E-state index contributed by atoms with van der Waals surface area (Å²) in [6.45, 7) is 3.61. The van der Waals surface area contributed by atoms with Crippen LogP contribution in [-0.4, -0.2) is 42.3 Å². The number of rotatable bonds is 7. The van der Waals surface area contributed by atoms with Crippen LogP contribution in [-0.2, 0) is 11.3 Å². The van der Waals surface area contributed by atoms with Crippen LogP contribution in [0.5, 0.6) is 5.75 Å². The van der Waals surface area contributed by atoms with E-state index in [9.17, 15) is 9.59 Å². The van der Waals surface area contributed by atoms with Crippen molar-refractivity contribution in [2.75, 3.05) is 19.7 Å². The van der Waals surface area contributed by atoms with Gasteiger partial charge in [-0.05, 0) is 36.2 Å². The van der Waals surface area contributed by atoms with Crippen molar-refractivity contribution in [1.29, 1.82) is 0 Å². The van der Waals surface area contributed by atoms with E-state index in [4.69, 9.17) is 9.47 Å². The minimum Gasteiger partial charge on any atom is -0.488 e. The summed E-state index contributed by atoms with van der Waals surface area (Å²) in [4.78, 5) is 25.9. The van der Waals surface area contributed by atoms with Gasteiger partial charge in [0.1, 0.15) is 12.4 Å². The SMILES string of the molecule is CCOC(=O)N1CCC(=NNC(=O)c2ccc(COc3ccccc3-c3ccccc3)cc2)CC1. The number of carbonyl (C=O) groups excluding carboxylic acids is 2. The molecule has 0 aromatic heterocycles. The van der Waals surface area contributed by atoms with E-state index in [-0.39, 0.29) is 12.0 Å². The molecule has 1 heterocycles. The third-order valence-corrected chi connectivity index (χ3v) is 5.76. The molecule has 0 radical (unpaired) electrons. The maximum atomic E-state index is 12.5. The van der Waals surface area contributed by atoms with Crippen LogP contribution in [0.15, 0.2) is 84.0 Å². The quantitative estimate of drug-likeness (QED) is 0.476. The average Bonchev–Trinajstić information content (AvgIpc) is 2.92. The molecule has 4 rings (SSSR count). The highest BCUT2D eigenvalue weighted by Gasteiger charge is 2.20. The number of hydrogen-bond donors (Lipinski definition) is 1. The Labute approximate surface area is 205 Å². The lowest BCUT2D eigenvalue weighted by molar-refractivity contribution is 0.0951. The summed E-state index contributed by atoms with van der Waals surface area (Å²) < 4.78 is 11.1. The zero-order chi connectivity index (χ0) is 24.5. The lowest BCUT2D eigenvalue weighted by atomic mass is 10.0. The van der Waals surface area contributed by atoms with E-state index in [0.29, 0.717) is 44.7 Å². The maximum absolute atomic E-state index is 12.5. The topological polar surface area (TPSA) is 80.2 Å². The highest BCUT2D eigenvalue weighted by Crippen LogP contribution is 2.30. The minimum atomic E-state index is -0.303. The second-order valence-electron chi connectivity index (χ2n) is 8.15. The highest BCUT2D eigenvalue weighted by molar-refractivity contribution is 5.95. The van der Waals surface area contributed by atoms with Crippen LogP contribution in [0.1, 0.15) is 35.7 Å². The molecule has 1 fully saturated rings. The van der Waals surface area contributed by atoms with Gasteiger partial charge in [0.2, 0.25) is 0 Å². The van der Waals surface area contributed by atoms with Crippen LogP contribution in [0.3, 0.4) is 0 Å². The van der Waals surface area contributed by atoms with E-state index in [1.54, 1.807) is 24.0 Å². The van der Waals surface area contributed by atoms with E-state index in [1.165, 1.54) is 0 Å². The summed E-state index contributed by atoms with van der Waals surface area (Å²) in [7, 11) is 0. The molecule has 1 aliphatic rings. The number of carbonyl (C=O) groups is 2. The van der Waals surface area contributed by atoms with Gasteiger partial charge in [0.05, 0.1) is 6.61 Å². The predicted octanol–water partition coefficient (Wildman–Crippen LogP) is 5.27. The third kappa shape index (κ3) is 6.47. The van der Waals surface area contributed by atoms with Crippen molar-refractivity contribution in [3.8, 4) is 16.9 Å². The zero-order valence-electron chi connectivity index (χ0n) is 19.8. The summed E-state index contributed by atoms with van der Waals surface area (Å²) in [6, 6.07) is 25.4. The van der Waals surface area contributed by atoms with Gasteiger partial charge in [-0.25, -0.2) is 10.2 Å². The van der Waals surface area contributed by atoms with Crippen molar-refractivity contribution < 1.29 is 19.1 Å². The number of amides is 2. The molecule has 1 aliphatic heterocycles. The molecular weight excluding hydrogens is 442 g/mol. The van der Waals surface area contributed by atoms with E-state index in [0.717, 1.165) is 28.2 Å². The molecule has 0 saturated carbocycles. The van der Waals surface area contributed by atoms with Crippen molar-refractivity contribution in [2.24, 2.45) is 5.10 Å². The minimum absolute atomic E-state index is 0.271. The Bertz CT molecular complexity index is 1170. The summed E-state index contributed by atoms with van der Waals surface area (Å²) >= 11 is 0. The molecule has 3 aromatic carbocycles. The monoisotopic (exact) mass is 471 g/mol. The summed E-state index contributed by atoms with van der Waals surface area (Å²) in [5.41, 5.74) is 7.10. The first-order valence-corrected chi connectivity index (χ1v) is 11.8. The summed E-state index contributed by atoms with van der Waals surface area (Å²) in [5, 5.41) is 4.25. The molecule has 1 N–H and O–H groups in total. The van der Waals surface area contributed by atoms with Gasteiger partial charge in [0.15, 0.2) is 0 Å². The van der Waals surface area contributed by atoms with Crippen molar-refractivity contribution in [1.82, 2.24) is 10.3 Å². The van der Waals surface area contributed by atoms with Crippen LogP contribution in [0, 0.1) is 0 Å². The Kier molecular flexibility index (Phi) is 8.12. The molecule has 35 heavy (non-hydrogen) atoms. The number of nitrogens with zero attached hydrogens (tertiary/aromatic N) is 2. The van der Waals surface area contributed by atoms with Gasteiger partial charge >= 0.3 is 6.09 Å². The third-order valence-electron chi connectivity index (χ3n) is 5.76. The largest absolute Gasteiger partial charge is 0.488 e. The van der Waals surface area contributed by atoms with Crippen molar-refractivity contribution in [2.45, 2.75) is 26.4 Å². The number of ether oxygens (including phenoxy) is 2. The molecule has 1 saturated heterocycles. The molecule has 7 heteroatoms. The fourth-order valence-electron chi connectivity index (χ4n) is 3.83. The molecule has 0 unspecified atom stereocenters. The fourth-order valence-corrected chi connectivity index (χ4v) is 3.83. The number of hydrogen-bond acceptors (Lipinski definition) is 5. The lowest BCUT2D eigenvalue weighted by Gasteiger charge is -2.26. The number of para-hydroxylation sites is 1. The lowest BCUT2D eigenvalue weighted by Crippen LogP contribution is -2.39. The van der Waals surface area contributed by atoms with E-state index in [1.807, 2.05) is 54.6 Å². The predicted molar refractivity (Wildman–Crippen MR) is 135 cm³/mol. The van der Waals surface area contributed by atoms with Gasteiger partial charge in [-0.15, -0.1) is 0 Å². The Morgan fingerprint density at radius 3 is 2.31 bits per heavy atom. The van der Waals surface area contributed by atoms with Crippen LogP contribution >= 0.6 is 0 Å². The zero-order valence-corrected chi connectivity index (χ0v) is 19.8. The van der Waals surface area contributed by atoms with Gasteiger partial charge in [-0.2, -0.15) is 5.10 Å². The van der Waals surface area contributed by atoms with Gasteiger partial charge < -0.3 is 14.4 Å². The van der Waals surface area contributed by atoms with Gasteiger partial charge in [-0.3, -0.25) is 4.79 Å². The first kappa shape index (κ1) is 24.0. The van der Waals surface area contributed by atoms with E-state index < -0.39 is 0 Å². The average molecular weight is 472 g/mol. The molecule has 0 spiro atoms. The molecule has 0 bridgehead atoms. The normalized spacial score (nSPS) is 13.2. The maximum Gasteiger partial charge on any atom is 0.409 e. The second kappa shape index (κ2) is 11.8. The summed E-state index contributed by atoms with van der Waals surface area (Å²) in [6.07, 6.45) is 0.919. The highest BCUT2D eigenvalue weighted by atomic mass is 16.6. The van der Waals surface area contributed by atoms with Crippen LogP contribution in [0.25, 0.3) is 11.1 Å². The van der Waals surface area contributed by atoms with Crippen molar-refractivity contribution >= 4 is 17.7 Å². The Hall–Kier alpha value is -4.13.